The van der Waals surface area contributed by atoms with Crippen molar-refractivity contribution in [2.45, 2.75) is 25.8 Å². The Kier molecular flexibility index (Phi) is 5.94. The molecular formula is C21H23ClN2O2. The first-order valence-corrected chi connectivity index (χ1v) is 9.42. The van der Waals surface area contributed by atoms with E-state index in [2.05, 4.69) is 0 Å². The van der Waals surface area contributed by atoms with Crippen molar-refractivity contribution < 1.29 is 9.59 Å². The highest BCUT2D eigenvalue weighted by Gasteiger charge is 2.30. The van der Waals surface area contributed by atoms with E-state index in [1.807, 2.05) is 71.3 Å². The molecule has 0 bridgehead atoms. The lowest BCUT2D eigenvalue weighted by molar-refractivity contribution is -0.116. The summed E-state index contributed by atoms with van der Waals surface area (Å²) < 4.78 is 0. The third-order valence-electron chi connectivity index (χ3n) is 4.80. The standard InChI is InChI=1S/C21H23ClN2O2/c1-16-6-5-9-19(14-16)24(20(25)15-22)18-10-12-23(13-11-18)21(26)17-7-3-2-4-8-17/h2-9,14,18H,10-13,15H2,1H3. The topological polar surface area (TPSA) is 40.6 Å². The van der Waals surface area contributed by atoms with E-state index in [1.54, 1.807) is 0 Å². The van der Waals surface area contributed by atoms with Crippen molar-refractivity contribution in [2.75, 3.05) is 23.9 Å². The number of benzene rings is 2. The maximum absolute atomic E-state index is 12.6. The molecule has 5 heteroatoms. The first-order chi connectivity index (χ1) is 12.6. The Morgan fingerprint density at radius 2 is 1.77 bits per heavy atom. The number of hydrogen-bond donors (Lipinski definition) is 0. The van der Waals surface area contributed by atoms with Gasteiger partial charge in [0.15, 0.2) is 0 Å². The molecule has 2 aromatic carbocycles. The van der Waals surface area contributed by atoms with E-state index in [0.717, 1.165) is 24.1 Å². The molecule has 1 aliphatic heterocycles. The maximum Gasteiger partial charge on any atom is 0.253 e. The van der Waals surface area contributed by atoms with Crippen LogP contribution in [-0.4, -0.2) is 41.7 Å². The maximum atomic E-state index is 12.6. The second-order valence-electron chi connectivity index (χ2n) is 6.63. The minimum absolute atomic E-state index is 0.0445. The van der Waals surface area contributed by atoms with Crippen LogP contribution in [0, 0.1) is 6.92 Å². The normalized spacial score (nSPS) is 14.9. The Morgan fingerprint density at radius 3 is 2.38 bits per heavy atom. The van der Waals surface area contributed by atoms with E-state index in [0.29, 0.717) is 18.7 Å². The van der Waals surface area contributed by atoms with Crippen molar-refractivity contribution in [1.82, 2.24) is 4.90 Å². The van der Waals surface area contributed by atoms with Crippen LogP contribution in [-0.2, 0) is 4.79 Å². The zero-order valence-corrected chi connectivity index (χ0v) is 15.7. The summed E-state index contributed by atoms with van der Waals surface area (Å²) in [5.41, 5.74) is 2.69. The molecule has 0 unspecified atom stereocenters. The molecule has 0 aromatic heterocycles. The lowest BCUT2D eigenvalue weighted by Crippen LogP contribution is -2.49. The highest BCUT2D eigenvalue weighted by atomic mass is 35.5. The number of alkyl halides is 1. The molecule has 0 atom stereocenters. The summed E-state index contributed by atoms with van der Waals surface area (Å²) in [4.78, 5) is 28.8. The fourth-order valence-corrected chi connectivity index (χ4v) is 3.62. The quantitative estimate of drug-likeness (QED) is 0.766. The van der Waals surface area contributed by atoms with E-state index in [4.69, 9.17) is 11.6 Å². The molecule has 1 fully saturated rings. The summed E-state index contributed by atoms with van der Waals surface area (Å²) in [5, 5.41) is 0. The molecule has 3 rings (SSSR count). The molecule has 0 saturated carbocycles. The van der Waals surface area contributed by atoms with Gasteiger partial charge in [0.2, 0.25) is 5.91 Å². The molecule has 2 aromatic rings. The Balaban J connectivity index is 1.72. The number of halogens is 1. The molecule has 26 heavy (non-hydrogen) atoms. The number of piperidine rings is 1. The summed E-state index contributed by atoms with van der Waals surface area (Å²) in [6, 6.07) is 17.3. The van der Waals surface area contributed by atoms with Gasteiger partial charge in [-0.1, -0.05) is 30.3 Å². The third-order valence-corrected chi connectivity index (χ3v) is 5.03. The fraction of sp³-hybridized carbons (Fsp3) is 0.333. The fourth-order valence-electron chi connectivity index (χ4n) is 3.49. The van der Waals surface area contributed by atoms with E-state index < -0.39 is 0 Å². The number of aryl methyl sites for hydroxylation is 1. The summed E-state index contributed by atoms with van der Waals surface area (Å²) in [7, 11) is 0. The molecular weight excluding hydrogens is 348 g/mol. The lowest BCUT2D eigenvalue weighted by Gasteiger charge is -2.38. The highest BCUT2D eigenvalue weighted by Crippen LogP contribution is 2.26. The second kappa shape index (κ2) is 8.37. The van der Waals surface area contributed by atoms with Crippen molar-refractivity contribution in [1.29, 1.82) is 0 Å². The van der Waals surface area contributed by atoms with Gasteiger partial charge in [0.1, 0.15) is 5.88 Å². The Labute approximate surface area is 159 Å². The average Bonchev–Trinajstić information content (AvgIpc) is 2.69. The number of carbonyl (C=O) groups is 2. The largest absolute Gasteiger partial charge is 0.338 e. The number of anilines is 1. The van der Waals surface area contributed by atoms with Crippen molar-refractivity contribution in [3.8, 4) is 0 Å². The third kappa shape index (κ3) is 4.07. The van der Waals surface area contributed by atoms with Crippen LogP contribution in [0.15, 0.2) is 54.6 Å². The van der Waals surface area contributed by atoms with Crippen molar-refractivity contribution in [3.05, 3.63) is 65.7 Å². The van der Waals surface area contributed by atoms with Crippen LogP contribution in [0.2, 0.25) is 0 Å². The molecule has 1 saturated heterocycles. The average molecular weight is 371 g/mol. The number of rotatable bonds is 4. The number of likely N-dealkylation sites (tertiary alicyclic amines) is 1. The lowest BCUT2D eigenvalue weighted by atomic mass is 10.0. The van der Waals surface area contributed by atoms with Crippen LogP contribution in [0.1, 0.15) is 28.8 Å². The molecule has 0 N–H and O–H groups in total. The van der Waals surface area contributed by atoms with E-state index in [-0.39, 0.29) is 23.7 Å². The van der Waals surface area contributed by atoms with Gasteiger partial charge in [0.05, 0.1) is 0 Å². The summed E-state index contributed by atoms with van der Waals surface area (Å²) in [6.45, 7) is 3.28. The number of amides is 2. The molecule has 2 amide bonds. The summed E-state index contributed by atoms with van der Waals surface area (Å²) in [5.74, 6) is -0.0863. The Hall–Kier alpha value is -2.33. The van der Waals surface area contributed by atoms with Crippen LogP contribution in [0.3, 0.4) is 0 Å². The molecule has 136 valence electrons. The molecule has 1 aliphatic rings. The van der Waals surface area contributed by atoms with Crippen LogP contribution in [0.4, 0.5) is 5.69 Å². The Morgan fingerprint density at radius 1 is 1.08 bits per heavy atom. The Bertz CT molecular complexity index is 771. The molecule has 0 aliphatic carbocycles. The monoisotopic (exact) mass is 370 g/mol. The number of hydrogen-bond acceptors (Lipinski definition) is 2. The number of carbonyl (C=O) groups excluding carboxylic acids is 2. The minimum Gasteiger partial charge on any atom is -0.338 e. The van der Waals surface area contributed by atoms with E-state index in [9.17, 15) is 9.59 Å². The number of nitrogens with zero attached hydrogens (tertiary/aromatic N) is 2. The van der Waals surface area contributed by atoms with Gasteiger partial charge in [-0.2, -0.15) is 0 Å². The van der Waals surface area contributed by atoms with Crippen molar-refractivity contribution >= 4 is 29.1 Å². The summed E-state index contributed by atoms with van der Waals surface area (Å²) >= 11 is 5.86. The highest BCUT2D eigenvalue weighted by molar-refractivity contribution is 6.29. The van der Waals surface area contributed by atoms with Gasteiger partial charge in [-0.3, -0.25) is 9.59 Å². The van der Waals surface area contributed by atoms with Gasteiger partial charge < -0.3 is 9.80 Å². The van der Waals surface area contributed by atoms with Gasteiger partial charge in [0.25, 0.3) is 5.91 Å². The minimum atomic E-state index is -0.0925. The van der Waals surface area contributed by atoms with Crippen molar-refractivity contribution in [3.63, 3.8) is 0 Å². The SMILES string of the molecule is Cc1cccc(N(C(=O)CCl)C2CCN(C(=O)c3ccccc3)CC2)c1. The van der Waals surface area contributed by atoms with E-state index in [1.165, 1.54) is 0 Å². The van der Waals surface area contributed by atoms with Gasteiger partial charge in [-0.05, 0) is 49.6 Å². The van der Waals surface area contributed by atoms with Gasteiger partial charge in [-0.25, -0.2) is 0 Å². The van der Waals surface area contributed by atoms with Gasteiger partial charge in [0, 0.05) is 30.4 Å². The van der Waals surface area contributed by atoms with Gasteiger partial charge >= 0.3 is 0 Å². The zero-order valence-electron chi connectivity index (χ0n) is 14.9. The van der Waals surface area contributed by atoms with Gasteiger partial charge in [-0.15, -0.1) is 11.6 Å². The molecule has 4 nitrogen and oxygen atoms in total. The van der Waals surface area contributed by atoms with E-state index >= 15 is 0 Å². The smallest absolute Gasteiger partial charge is 0.253 e. The van der Waals surface area contributed by atoms with Crippen molar-refractivity contribution in [2.24, 2.45) is 0 Å². The predicted molar refractivity (Wildman–Crippen MR) is 105 cm³/mol. The molecule has 0 radical (unpaired) electrons. The predicted octanol–water partition coefficient (Wildman–Crippen LogP) is 3.87. The van der Waals surface area contributed by atoms with Crippen LogP contribution in [0.25, 0.3) is 0 Å². The molecule has 1 heterocycles. The zero-order chi connectivity index (χ0) is 18.5. The molecule has 0 spiro atoms. The second-order valence-corrected chi connectivity index (χ2v) is 6.89. The first-order valence-electron chi connectivity index (χ1n) is 8.89. The van der Waals surface area contributed by atoms with Crippen LogP contribution < -0.4 is 4.90 Å². The first kappa shape index (κ1) is 18.5. The summed E-state index contributed by atoms with van der Waals surface area (Å²) in [6.07, 6.45) is 1.49. The van der Waals surface area contributed by atoms with Crippen LogP contribution >= 0.6 is 11.6 Å². The van der Waals surface area contributed by atoms with Crippen LogP contribution in [0.5, 0.6) is 0 Å².